The summed E-state index contributed by atoms with van der Waals surface area (Å²) in [5, 5.41) is 0. The molecule has 1 unspecified atom stereocenters. The first-order valence-electron chi connectivity index (χ1n) is 7.17. The number of hydrogen-bond donors (Lipinski definition) is 0. The highest BCUT2D eigenvalue weighted by atomic mass is 16.7. The van der Waals surface area contributed by atoms with Crippen LogP contribution in [0.25, 0.3) is 0 Å². The highest BCUT2D eigenvalue weighted by Crippen LogP contribution is 2.39. The van der Waals surface area contributed by atoms with Gasteiger partial charge >= 0.3 is 7.12 Å². The zero-order valence-corrected chi connectivity index (χ0v) is 12.6. The average molecular weight is 282 g/mol. The summed E-state index contributed by atoms with van der Waals surface area (Å²) in [6.07, 6.45) is 4.12. The molecule has 0 radical (unpaired) electrons. The minimum Gasteiger partial charge on any atom is -0.399 e. The van der Waals surface area contributed by atoms with Gasteiger partial charge in [-0.2, -0.15) is 0 Å². The molecular formula is C16H19BN2O2. The van der Waals surface area contributed by atoms with E-state index in [4.69, 9.17) is 9.31 Å². The summed E-state index contributed by atoms with van der Waals surface area (Å²) in [6.45, 7) is 6.17. The van der Waals surface area contributed by atoms with Crippen molar-refractivity contribution in [1.82, 2.24) is 9.97 Å². The first kappa shape index (κ1) is 14.2. The van der Waals surface area contributed by atoms with Gasteiger partial charge in [-0.25, -0.2) is 9.97 Å². The smallest absolute Gasteiger partial charge is 0.399 e. The van der Waals surface area contributed by atoms with E-state index in [0.29, 0.717) is 6.42 Å². The van der Waals surface area contributed by atoms with Crippen LogP contribution >= 0.6 is 0 Å². The summed E-state index contributed by atoms with van der Waals surface area (Å²) in [4.78, 5) is 8.61. The van der Waals surface area contributed by atoms with Gasteiger partial charge in [-0.3, -0.25) is 0 Å². The van der Waals surface area contributed by atoms with E-state index >= 15 is 0 Å². The fraction of sp³-hybridized carbons (Fsp3) is 0.375. The van der Waals surface area contributed by atoms with Crippen LogP contribution in [0, 0.1) is 0 Å². The molecule has 0 amide bonds. The zero-order valence-electron chi connectivity index (χ0n) is 12.6. The molecular weight excluding hydrogens is 263 g/mol. The van der Waals surface area contributed by atoms with Crippen LogP contribution in [-0.4, -0.2) is 28.3 Å². The molecule has 1 aliphatic heterocycles. The highest BCUT2D eigenvalue weighted by molar-refractivity contribution is 6.62. The molecule has 108 valence electrons. The van der Waals surface area contributed by atoms with Gasteiger partial charge in [0.15, 0.2) is 0 Å². The second-order valence-electron chi connectivity index (χ2n) is 6.06. The summed E-state index contributed by atoms with van der Waals surface area (Å²) in [7, 11) is -0.352. The van der Waals surface area contributed by atoms with Gasteiger partial charge in [0.1, 0.15) is 5.82 Å². The molecule has 0 spiro atoms. The Kier molecular flexibility index (Phi) is 3.55. The molecule has 1 aromatic heterocycles. The first-order valence-corrected chi connectivity index (χ1v) is 7.17. The van der Waals surface area contributed by atoms with Gasteiger partial charge < -0.3 is 9.31 Å². The summed E-state index contributed by atoms with van der Waals surface area (Å²) < 4.78 is 12.4. The molecule has 2 heterocycles. The van der Waals surface area contributed by atoms with E-state index in [0.717, 1.165) is 11.3 Å². The Balaban J connectivity index is 1.85. The van der Waals surface area contributed by atoms with Crippen molar-refractivity contribution in [2.24, 2.45) is 0 Å². The standard InChI is InChI=1S/C16H19BN2O2/c1-15(2)16(3,12-14-18-10-7-11-19-14)21-17(20-15)13-8-5-4-6-9-13/h4-11H,12H2,1-3H3. The number of nitrogens with zero attached hydrogens (tertiary/aromatic N) is 2. The molecule has 4 nitrogen and oxygen atoms in total. The molecule has 1 aliphatic rings. The van der Waals surface area contributed by atoms with Crippen molar-refractivity contribution in [3.05, 3.63) is 54.6 Å². The number of benzene rings is 1. The van der Waals surface area contributed by atoms with Crippen LogP contribution in [0.5, 0.6) is 0 Å². The van der Waals surface area contributed by atoms with Crippen molar-refractivity contribution in [3.63, 3.8) is 0 Å². The van der Waals surface area contributed by atoms with E-state index < -0.39 is 11.2 Å². The van der Waals surface area contributed by atoms with E-state index in [1.54, 1.807) is 12.4 Å². The van der Waals surface area contributed by atoms with Gasteiger partial charge in [0.2, 0.25) is 0 Å². The maximum Gasteiger partial charge on any atom is 0.494 e. The largest absolute Gasteiger partial charge is 0.494 e. The molecule has 0 N–H and O–H groups in total. The fourth-order valence-electron chi connectivity index (χ4n) is 2.52. The highest BCUT2D eigenvalue weighted by Gasteiger charge is 2.54. The molecule has 3 rings (SSSR count). The molecule has 1 fully saturated rings. The topological polar surface area (TPSA) is 44.2 Å². The van der Waals surface area contributed by atoms with Gasteiger partial charge in [-0.15, -0.1) is 0 Å². The summed E-state index contributed by atoms with van der Waals surface area (Å²) in [5.74, 6) is 0.769. The van der Waals surface area contributed by atoms with Crippen LogP contribution in [0.1, 0.15) is 26.6 Å². The van der Waals surface area contributed by atoms with Crippen LogP contribution in [0.2, 0.25) is 0 Å². The maximum absolute atomic E-state index is 6.25. The Morgan fingerprint density at radius 2 is 1.62 bits per heavy atom. The van der Waals surface area contributed by atoms with Crippen LogP contribution in [0.15, 0.2) is 48.8 Å². The minimum atomic E-state index is -0.477. The normalized spacial score (nSPS) is 24.2. The van der Waals surface area contributed by atoms with Crippen LogP contribution in [0.3, 0.4) is 0 Å². The third-order valence-corrected chi connectivity index (χ3v) is 4.23. The second-order valence-corrected chi connectivity index (χ2v) is 6.06. The molecule has 21 heavy (non-hydrogen) atoms. The Labute approximate surface area is 125 Å². The second kappa shape index (κ2) is 5.24. The Hall–Kier alpha value is -1.72. The monoisotopic (exact) mass is 282 g/mol. The van der Waals surface area contributed by atoms with Crippen LogP contribution in [0.4, 0.5) is 0 Å². The summed E-state index contributed by atoms with van der Waals surface area (Å²) in [5.41, 5.74) is 0.130. The van der Waals surface area contributed by atoms with E-state index in [1.807, 2.05) is 36.4 Å². The SMILES string of the molecule is CC1(C)OB(c2ccccc2)OC1(C)Cc1ncccn1. The van der Waals surface area contributed by atoms with Crippen molar-refractivity contribution < 1.29 is 9.31 Å². The Morgan fingerprint density at radius 1 is 0.952 bits per heavy atom. The molecule has 0 aliphatic carbocycles. The number of rotatable bonds is 3. The van der Waals surface area contributed by atoms with Crippen LogP contribution < -0.4 is 5.46 Å². The molecule has 1 saturated heterocycles. The van der Waals surface area contributed by atoms with Gasteiger partial charge in [-0.1, -0.05) is 30.3 Å². The van der Waals surface area contributed by atoms with E-state index in [2.05, 4.69) is 30.7 Å². The minimum absolute atomic E-state index is 0.352. The lowest BCUT2D eigenvalue weighted by Crippen LogP contribution is -2.47. The predicted molar refractivity (Wildman–Crippen MR) is 82.2 cm³/mol. The number of hydrogen-bond acceptors (Lipinski definition) is 4. The van der Waals surface area contributed by atoms with Crippen molar-refractivity contribution in [3.8, 4) is 0 Å². The quantitative estimate of drug-likeness (QED) is 0.808. The van der Waals surface area contributed by atoms with Gasteiger partial charge in [-0.05, 0) is 32.3 Å². The maximum atomic E-state index is 6.25. The van der Waals surface area contributed by atoms with E-state index in [-0.39, 0.29) is 7.12 Å². The third-order valence-electron chi connectivity index (χ3n) is 4.23. The van der Waals surface area contributed by atoms with Crippen molar-refractivity contribution in [2.45, 2.75) is 38.4 Å². The van der Waals surface area contributed by atoms with E-state index in [9.17, 15) is 0 Å². The molecule has 0 bridgehead atoms. The van der Waals surface area contributed by atoms with Crippen molar-refractivity contribution in [1.29, 1.82) is 0 Å². The molecule has 1 aromatic carbocycles. The lowest BCUT2D eigenvalue weighted by atomic mass is 9.79. The van der Waals surface area contributed by atoms with Gasteiger partial charge in [0.25, 0.3) is 0 Å². The van der Waals surface area contributed by atoms with Crippen LogP contribution in [-0.2, 0) is 15.7 Å². The average Bonchev–Trinajstić information content (AvgIpc) is 2.71. The molecule has 5 heteroatoms. The first-order chi connectivity index (χ1) is 10.0. The molecule has 0 saturated carbocycles. The summed E-state index contributed by atoms with van der Waals surface area (Å²) >= 11 is 0. The van der Waals surface area contributed by atoms with Crippen molar-refractivity contribution >= 4 is 12.6 Å². The Morgan fingerprint density at radius 3 is 2.29 bits per heavy atom. The molecule has 2 aromatic rings. The lowest BCUT2D eigenvalue weighted by Gasteiger charge is -2.35. The lowest BCUT2D eigenvalue weighted by molar-refractivity contribution is -0.0102. The summed E-state index contributed by atoms with van der Waals surface area (Å²) in [6, 6.07) is 11.8. The molecule has 1 atom stereocenters. The fourth-order valence-corrected chi connectivity index (χ4v) is 2.52. The van der Waals surface area contributed by atoms with Crippen molar-refractivity contribution in [2.75, 3.05) is 0 Å². The van der Waals surface area contributed by atoms with E-state index in [1.165, 1.54) is 0 Å². The van der Waals surface area contributed by atoms with Gasteiger partial charge in [0, 0.05) is 18.8 Å². The zero-order chi connectivity index (χ0) is 14.9. The van der Waals surface area contributed by atoms with Gasteiger partial charge in [0.05, 0.1) is 11.2 Å². The third kappa shape index (κ3) is 2.71. The Bertz CT molecular complexity index is 606. The number of aromatic nitrogens is 2. The predicted octanol–water partition coefficient (Wildman–Crippen LogP) is 2.00.